The largest absolute Gasteiger partial charge is 0.369 e. The Morgan fingerprint density at radius 2 is 1.76 bits per heavy atom. The van der Waals surface area contributed by atoms with Gasteiger partial charge in [0, 0.05) is 54.9 Å². The SMILES string of the molecule is Cc1cc(C(=O)CN2CCN(c3ccccc3)CC2)c(C)n1[C@H]1CCS(=O)(=O)C1. The highest BCUT2D eigenvalue weighted by Crippen LogP contribution is 2.29. The molecular formula is C22H29N3O3S. The average molecular weight is 416 g/mol. The van der Waals surface area contributed by atoms with Crippen LogP contribution in [0.1, 0.15) is 34.2 Å². The zero-order valence-electron chi connectivity index (χ0n) is 17.2. The van der Waals surface area contributed by atoms with E-state index in [4.69, 9.17) is 0 Å². The predicted molar refractivity (Wildman–Crippen MR) is 116 cm³/mol. The molecule has 156 valence electrons. The molecule has 29 heavy (non-hydrogen) atoms. The molecule has 2 saturated heterocycles. The fourth-order valence-corrected chi connectivity index (χ4v) is 6.39. The minimum atomic E-state index is -2.96. The Labute approximate surface area is 173 Å². The zero-order chi connectivity index (χ0) is 20.6. The zero-order valence-corrected chi connectivity index (χ0v) is 18.0. The summed E-state index contributed by atoms with van der Waals surface area (Å²) < 4.78 is 25.8. The topological polar surface area (TPSA) is 62.6 Å². The molecule has 7 heteroatoms. The number of Topliss-reactive ketones (excluding diaryl/α,β-unsaturated/α-hetero) is 1. The third-order valence-electron chi connectivity index (χ3n) is 6.22. The first-order chi connectivity index (χ1) is 13.8. The number of rotatable bonds is 5. The number of carbonyl (C=O) groups excluding carboxylic acids is 1. The Hall–Kier alpha value is -2.12. The lowest BCUT2D eigenvalue weighted by Crippen LogP contribution is -2.48. The quantitative estimate of drug-likeness (QED) is 0.702. The van der Waals surface area contributed by atoms with Crippen molar-refractivity contribution in [1.82, 2.24) is 9.47 Å². The maximum Gasteiger partial charge on any atom is 0.178 e. The van der Waals surface area contributed by atoms with Crippen molar-refractivity contribution in [3.8, 4) is 0 Å². The summed E-state index contributed by atoms with van der Waals surface area (Å²) in [6.45, 7) is 7.87. The molecule has 0 radical (unpaired) electrons. The minimum absolute atomic E-state index is 0.0454. The summed E-state index contributed by atoms with van der Waals surface area (Å²) in [5.41, 5.74) is 3.84. The van der Waals surface area contributed by atoms with Crippen LogP contribution in [0.25, 0.3) is 0 Å². The third-order valence-corrected chi connectivity index (χ3v) is 7.97. The number of piperazine rings is 1. The van der Waals surface area contributed by atoms with E-state index in [2.05, 4.69) is 38.6 Å². The number of aromatic nitrogens is 1. The van der Waals surface area contributed by atoms with Gasteiger partial charge in [-0.1, -0.05) is 18.2 Å². The Bertz CT molecular complexity index is 990. The fourth-order valence-electron chi connectivity index (χ4n) is 4.69. The molecule has 0 N–H and O–H groups in total. The van der Waals surface area contributed by atoms with Crippen LogP contribution < -0.4 is 4.90 Å². The van der Waals surface area contributed by atoms with Crippen molar-refractivity contribution in [3.05, 3.63) is 53.3 Å². The lowest BCUT2D eigenvalue weighted by molar-refractivity contribution is 0.0925. The molecule has 0 spiro atoms. The molecule has 1 aromatic heterocycles. The Kier molecular flexibility index (Phi) is 5.53. The summed E-state index contributed by atoms with van der Waals surface area (Å²) in [4.78, 5) is 17.6. The van der Waals surface area contributed by atoms with E-state index in [1.54, 1.807) is 0 Å². The first kappa shape index (κ1) is 20.2. The average Bonchev–Trinajstić information content (AvgIpc) is 3.21. The summed E-state index contributed by atoms with van der Waals surface area (Å²) in [6, 6.07) is 12.3. The van der Waals surface area contributed by atoms with E-state index in [9.17, 15) is 13.2 Å². The second-order valence-corrected chi connectivity index (χ2v) is 10.5. The second kappa shape index (κ2) is 7.95. The first-order valence-corrected chi connectivity index (χ1v) is 12.1. The second-order valence-electron chi connectivity index (χ2n) is 8.23. The van der Waals surface area contributed by atoms with Gasteiger partial charge in [0.25, 0.3) is 0 Å². The number of aryl methyl sites for hydroxylation is 1. The molecule has 0 aliphatic carbocycles. The highest BCUT2D eigenvalue weighted by molar-refractivity contribution is 7.91. The normalized spacial score (nSPS) is 22.1. The lowest BCUT2D eigenvalue weighted by atomic mass is 10.1. The summed E-state index contributed by atoms with van der Waals surface area (Å²) >= 11 is 0. The fraction of sp³-hybridized carbons (Fsp3) is 0.500. The van der Waals surface area contributed by atoms with Crippen LogP contribution in [0.5, 0.6) is 0 Å². The Morgan fingerprint density at radius 3 is 2.38 bits per heavy atom. The number of anilines is 1. The highest BCUT2D eigenvalue weighted by atomic mass is 32.2. The molecule has 0 amide bonds. The van der Waals surface area contributed by atoms with Crippen LogP contribution in [0.4, 0.5) is 5.69 Å². The number of sulfone groups is 1. The van der Waals surface area contributed by atoms with Crippen molar-refractivity contribution >= 4 is 21.3 Å². The van der Waals surface area contributed by atoms with E-state index in [0.29, 0.717) is 13.0 Å². The minimum Gasteiger partial charge on any atom is -0.369 e. The number of para-hydroxylation sites is 1. The molecule has 4 rings (SSSR count). The van der Waals surface area contributed by atoms with Crippen LogP contribution in [0.3, 0.4) is 0 Å². The molecule has 2 aliphatic rings. The third kappa shape index (κ3) is 4.26. The summed E-state index contributed by atoms with van der Waals surface area (Å²) in [5, 5.41) is 0. The summed E-state index contributed by atoms with van der Waals surface area (Å²) in [7, 11) is -2.96. The maximum atomic E-state index is 13.0. The van der Waals surface area contributed by atoms with Gasteiger partial charge in [-0.05, 0) is 38.5 Å². The van der Waals surface area contributed by atoms with Gasteiger partial charge in [-0.25, -0.2) is 8.42 Å². The molecule has 2 aromatic rings. The van der Waals surface area contributed by atoms with E-state index >= 15 is 0 Å². The van der Waals surface area contributed by atoms with E-state index in [1.807, 2.05) is 26.0 Å². The molecule has 1 aromatic carbocycles. The predicted octanol–water partition coefficient (Wildman–Crippen LogP) is 2.47. The van der Waals surface area contributed by atoms with Crippen LogP contribution in [-0.4, -0.2) is 67.9 Å². The number of hydrogen-bond acceptors (Lipinski definition) is 5. The van der Waals surface area contributed by atoms with Gasteiger partial charge in [-0.15, -0.1) is 0 Å². The van der Waals surface area contributed by atoms with Crippen molar-refractivity contribution in [2.45, 2.75) is 26.3 Å². The van der Waals surface area contributed by atoms with Crippen LogP contribution in [0.15, 0.2) is 36.4 Å². The molecular weight excluding hydrogens is 386 g/mol. The molecule has 0 bridgehead atoms. The van der Waals surface area contributed by atoms with Crippen molar-refractivity contribution in [1.29, 1.82) is 0 Å². The van der Waals surface area contributed by atoms with E-state index in [0.717, 1.165) is 43.1 Å². The smallest absolute Gasteiger partial charge is 0.178 e. The van der Waals surface area contributed by atoms with Gasteiger partial charge in [-0.3, -0.25) is 9.69 Å². The number of carbonyl (C=O) groups is 1. The van der Waals surface area contributed by atoms with E-state index in [-0.39, 0.29) is 23.3 Å². The van der Waals surface area contributed by atoms with Crippen molar-refractivity contribution in [2.24, 2.45) is 0 Å². The summed E-state index contributed by atoms with van der Waals surface area (Å²) in [6.07, 6.45) is 0.633. The Balaban J connectivity index is 1.40. The molecule has 0 saturated carbocycles. The van der Waals surface area contributed by atoms with Gasteiger partial charge in [0.2, 0.25) is 0 Å². The van der Waals surface area contributed by atoms with Gasteiger partial charge < -0.3 is 9.47 Å². The van der Waals surface area contributed by atoms with E-state index < -0.39 is 9.84 Å². The molecule has 0 unspecified atom stereocenters. The molecule has 6 nitrogen and oxygen atoms in total. The van der Waals surface area contributed by atoms with Crippen LogP contribution in [-0.2, 0) is 9.84 Å². The van der Waals surface area contributed by atoms with E-state index in [1.165, 1.54) is 5.69 Å². The van der Waals surface area contributed by atoms with Crippen molar-refractivity contribution in [2.75, 3.05) is 49.1 Å². The number of ketones is 1. The van der Waals surface area contributed by atoms with Crippen LogP contribution in [0.2, 0.25) is 0 Å². The monoisotopic (exact) mass is 415 g/mol. The number of nitrogens with zero attached hydrogens (tertiary/aromatic N) is 3. The van der Waals surface area contributed by atoms with Crippen LogP contribution in [0, 0.1) is 13.8 Å². The summed E-state index contributed by atoms with van der Waals surface area (Å²) in [5.74, 6) is 0.542. The first-order valence-electron chi connectivity index (χ1n) is 10.3. The van der Waals surface area contributed by atoms with Gasteiger partial charge >= 0.3 is 0 Å². The molecule has 3 heterocycles. The number of benzene rings is 1. The molecule has 2 aliphatic heterocycles. The van der Waals surface area contributed by atoms with Gasteiger partial charge in [0.15, 0.2) is 15.6 Å². The maximum absolute atomic E-state index is 13.0. The standard InChI is InChI=1S/C22H29N3O3S/c1-17-14-21(18(2)25(17)20-8-13-29(27,28)16-20)22(26)15-23-9-11-24(12-10-23)19-6-4-3-5-7-19/h3-7,14,20H,8-13,15-16H2,1-2H3/t20-/m0/s1. The lowest BCUT2D eigenvalue weighted by Gasteiger charge is -2.35. The molecule has 1 atom stereocenters. The number of hydrogen-bond donors (Lipinski definition) is 0. The Morgan fingerprint density at radius 1 is 1.07 bits per heavy atom. The van der Waals surface area contributed by atoms with Crippen molar-refractivity contribution in [3.63, 3.8) is 0 Å². The van der Waals surface area contributed by atoms with Gasteiger partial charge in [-0.2, -0.15) is 0 Å². The molecule has 2 fully saturated rings. The van der Waals surface area contributed by atoms with Gasteiger partial charge in [0.05, 0.1) is 18.1 Å². The highest BCUT2D eigenvalue weighted by Gasteiger charge is 2.32. The van der Waals surface area contributed by atoms with Gasteiger partial charge in [0.1, 0.15) is 0 Å². The van der Waals surface area contributed by atoms with Crippen LogP contribution >= 0.6 is 0 Å². The van der Waals surface area contributed by atoms with Crippen molar-refractivity contribution < 1.29 is 13.2 Å².